The summed E-state index contributed by atoms with van der Waals surface area (Å²) in [6, 6.07) is 5.92. The summed E-state index contributed by atoms with van der Waals surface area (Å²) in [6.07, 6.45) is 3.98. The summed E-state index contributed by atoms with van der Waals surface area (Å²) in [5, 5.41) is 7.37. The lowest BCUT2D eigenvalue weighted by molar-refractivity contribution is -0.128. The number of hydrogen-bond donors (Lipinski definition) is 1. The molecular formula is C21H27FN4O2. The van der Waals surface area contributed by atoms with Crippen molar-refractivity contribution >= 4 is 11.8 Å². The van der Waals surface area contributed by atoms with E-state index in [0.717, 1.165) is 11.3 Å². The molecule has 3 atom stereocenters. The third kappa shape index (κ3) is 4.08. The van der Waals surface area contributed by atoms with E-state index < -0.39 is 0 Å². The van der Waals surface area contributed by atoms with Crippen molar-refractivity contribution in [2.24, 2.45) is 17.8 Å². The van der Waals surface area contributed by atoms with Gasteiger partial charge in [0.1, 0.15) is 5.82 Å². The highest BCUT2D eigenvalue weighted by Gasteiger charge is 2.39. The highest BCUT2D eigenvalue weighted by Crippen LogP contribution is 2.36. The van der Waals surface area contributed by atoms with E-state index in [2.05, 4.69) is 10.4 Å². The van der Waals surface area contributed by atoms with Crippen LogP contribution in [0.4, 0.5) is 4.39 Å². The molecule has 2 amide bonds. The summed E-state index contributed by atoms with van der Waals surface area (Å²) in [5.74, 6) is -0.0732. The Kier molecular flexibility index (Phi) is 5.82. The summed E-state index contributed by atoms with van der Waals surface area (Å²) >= 11 is 0. The van der Waals surface area contributed by atoms with Crippen LogP contribution in [0.15, 0.2) is 36.7 Å². The highest BCUT2D eigenvalue weighted by atomic mass is 19.1. The maximum absolute atomic E-state index is 13.1. The van der Waals surface area contributed by atoms with E-state index in [4.69, 9.17) is 0 Å². The smallest absolute Gasteiger partial charge is 0.223 e. The van der Waals surface area contributed by atoms with Crippen LogP contribution < -0.4 is 5.32 Å². The number of hydrogen-bond acceptors (Lipinski definition) is 3. The van der Waals surface area contributed by atoms with Gasteiger partial charge in [-0.25, -0.2) is 9.07 Å². The third-order valence-corrected chi connectivity index (χ3v) is 5.68. The summed E-state index contributed by atoms with van der Waals surface area (Å²) in [5.41, 5.74) is 1.64. The van der Waals surface area contributed by atoms with Gasteiger partial charge >= 0.3 is 0 Å². The van der Waals surface area contributed by atoms with Crippen LogP contribution >= 0.6 is 0 Å². The second-order valence-electron chi connectivity index (χ2n) is 7.89. The molecule has 1 aliphatic heterocycles. The molecule has 1 aromatic carbocycles. The van der Waals surface area contributed by atoms with Crippen LogP contribution in [0.3, 0.4) is 0 Å². The number of amides is 2. The van der Waals surface area contributed by atoms with Gasteiger partial charge in [0.05, 0.1) is 17.9 Å². The van der Waals surface area contributed by atoms with E-state index in [1.165, 1.54) is 12.1 Å². The predicted octanol–water partition coefficient (Wildman–Crippen LogP) is 2.94. The van der Waals surface area contributed by atoms with Crippen molar-refractivity contribution in [2.75, 3.05) is 13.6 Å². The Labute approximate surface area is 164 Å². The largest absolute Gasteiger partial charge is 0.355 e. The lowest BCUT2D eigenvalue weighted by Gasteiger charge is -2.25. The second-order valence-corrected chi connectivity index (χ2v) is 7.89. The quantitative estimate of drug-likeness (QED) is 0.830. The van der Waals surface area contributed by atoms with Crippen LogP contribution in [0, 0.1) is 23.6 Å². The van der Waals surface area contributed by atoms with E-state index in [0.29, 0.717) is 13.0 Å². The van der Waals surface area contributed by atoms with Crippen molar-refractivity contribution in [3.05, 3.63) is 48.0 Å². The molecule has 150 valence electrons. The van der Waals surface area contributed by atoms with Gasteiger partial charge in [-0.1, -0.05) is 20.8 Å². The molecule has 1 aromatic heterocycles. The number of carbonyl (C=O) groups is 2. The molecule has 1 aliphatic rings. The average molecular weight is 386 g/mol. The van der Waals surface area contributed by atoms with Crippen LogP contribution in [0.25, 0.3) is 5.69 Å². The third-order valence-electron chi connectivity index (χ3n) is 5.68. The number of benzene rings is 1. The van der Waals surface area contributed by atoms with Crippen LogP contribution in [0.1, 0.15) is 38.8 Å². The fraction of sp³-hybridized carbons (Fsp3) is 0.476. The zero-order chi connectivity index (χ0) is 20.4. The van der Waals surface area contributed by atoms with Gasteiger partial charge in [0.25, 0.3) is 0 Å². The molecule has 0 unspecified atom stereocenters. The van der Waals surface area contributed by atoms with E-state index in [1.807, 2.05) is 27.0 Å². The average Bonchev–Trinajstić information content (AvgIpc) is 3.24. The van der Waals surface area contributed by atoms with Gasteiger partial charge in [0.15, 0.2) is 0 Å². The van der Waals surface area contributed by atoms with E-state index in [9.17, 15) is 14.0 Å². The first-order chi connectivity index (χ1) is 13.3. The minimum atomic E-state index is -0.302. The topological polar surface area (TPSA) is 67.2 Å². The predicted molar refractivity (Wildman–Crippen MR) is 104 cm³/mol. The number of nitrogens with zero attached hydrogens (tertiary/aromatic N) is 3. The van der Waals surface area contributed by atoms with Gasteiger partial charge in [-0.05, 0) is 30.2 Å². The van der Waals surface area contributed by atoms with Crippen LogP contribution in [-0.2, 0) is 9.59 Å². The molecule has 0 spiro atoms. The van der Waals surface area contributed by atoms with Crippen LogP contribution in [0.2, 0.25) is 0 Å². The lowest BCUT2D eigenvalue weighted by atomic mass is 9.94. The summed E-state index contributed by atoms with van der Waals surface area (Å²) in [4.78, 5) is 26.3. The first-order valence-corrected chi connectivity index (χ1v) is 9.61. The molecule has 2 aromatic rings. The van der Waals surface area contributed by atoms with Gasteiger partial charge in [0, 0.05) is 43.6 Å². The molecule has 1 N–H and O–H groups in total. The number of rotatable bonds is 6. The molecule has 2 heterocycles. The zero-order valence-electron chi connectivity index (χ0n) is 16.7. The summed E-state index contributed by atoms with van der Waals surface area (Å²) < 4.78 is 14.8. The Morgan fingerprint density at radius 3 is 2.61 bits per heavy atom. The van der Waals surface area contributed by atoms with Gasteiger partial charge in [-0.3, -0.25) is 9.59 Å². The standard InChI is InChI=1S/C21H27FN4O2/c1-13(2)14(3)21(28)23-10-15-9-19(27)25(4)20(15)16-11-24-26(12-16)18-7-5-17(22)6-8-18/h5-8,11-15,20H,9-10H2,1-4H3,(H,23,28)/t14-,15-,20+/m0/s1. The van der Waals surface area contributed by atoms with Crippen molar-refractivity contribution in [1.29, 1.82) is 0 Å². The number of nitrogens with one attached hydrogen (secondary N) is 1. The van der Waals surface area contributed by atoms with Crippen molar-refractivity contribution in [3.8, 4) is 5.69 Å². The molecule has 3 rings (SSSR count). The molecular weight excluding hydrogens is 359 g/mol. The Morgan fingerprint density at radius 1 is 1.29 bits per heavy atom. The van der Waals surface area contributed by atoms with Crippen molar-refractivity contribution in [2.45, 2.75) is 33.2 Å². The minimum absolute atomic E-state index is 0.0118. The first kappa shape index (κ1) is 20.0. The molecule has 0 aliphatic carbocycles. The van der Waals surface area contributed by atoms with Gasteiger partial charge in [0.2, 0.25) is 11.8 Å². The molecule has 1 fully saturated rings. The highest BCUT2D eigenvalue weighted by molar-refractivity contribution is 5.80. The molecule has 0 bridgehead atoms. The van der Waals surface area contributed by atoms with E-state index >= 15 is 0 Å². The van der Waals surface area contributed by atoms with Crippen LogP contribution in [-0.4, -0.2) is 40.1 Å². The second kappa shape index (κ2) is 8.12. The Balaban J connectivity index is 1.76. The molecule has 0 radical (unpaired) electrons. The Hall–Kier alpha value is -2.70. The molecule has 28 heavy (non-hydrogen) atoms. The fourth-order valence-electron chi connectivity index (χ4n) is 3.55. The first-order valence-electron chi connectivity index (χ1n) is 9.61. The fourth-order valence-corrected chi connectivity index (χ4v) is 3.55. The number of likely N-dealkylation sites (tertiary alicyclic amines) is 1. The van der Waals surface area contributed by atoms with Crippen molar-refractivity contribution < 1.29 is 14.0 Å². The normalized spacial score (nSPS) is 20.6. The van der Waals surface area contributed by atoms with Gasteiger partial charge in [-0.15, -0.1) is 0 Å². The Morgan fingerprint density at radius 2 is 1.96 bits per heavy atom. The summed E-state index contributed by atoms with van der Waals surface area (Å²) in [7, 11) is 1.78. The van der Waals surface area contributed by atoms with Crippen molar-refractivity contribution in [1.82, 2.24) is 20.0 Å². The number of carbonyl (C=O) groups excluding carboxylic acids is 2. The monoisotopic (exact) mass is 386 g/mol. The van der Waals surface area contributed by atoms with Crippen molar-refractivity contribution in [3.63, 3.8) is 0 Å². The summed E-state index contributed by atoms with van der Waals surface area (Å²) in [6.45, 7) is 6.39. The number of halogens is 1. The SMILES string of the molecule is CC(C)[C@H](C)C(=O)NC[C@@H]1CC(=O)N(C)[C@H]1c1cnn(-c2ccc(F)cc2)c1. The maximum Gasteiger partial charge on any atom is 0.223 e. The minimum Gasteiger partial charge on any atom is -0.355 e. The number of aromatic nitrogens is 2. The zero-order valence-corrected chi connectivity index (χ0v) is 16.7. The van der Waals surface area contributed by atoms with Crippen LogP contribution in [0.5, 0.6) is 0 Å². The molecule has 0 saturated carbocycles. The molecule has 1 saturated heterocycles. The molecule has 7 heteroatoms. The maximum atomic E-state index is 13.1. The van der Waals surface area contributed by atoms with E-state index in [-0.39, 0.29) is 41.4 Å². The van der Waals surface area contributed by atoms with Gasteiger partial charge < -0.3 is 10.2 Å². The lowest BCUT2D eigenvalue weighted by Crippen LogP contribution is -2.36. The van der Waals surface area contributed by atoms with Gasteiger partial charge in [-0.2, -0.15) is 5.10 Å². The Bertz CT molecular complexity index is 846. The molecule has 6 nitrogen and oxygen atoms in total. The van der Waals surface area contributed by atoms with E-state index in [1.54, 1.807) is 35.0 Å².